The number of piperidine rings is 1. The molecule has 2 unspecified atom stereocenters. The average Bonchev–Trinajstić information content (AvgIpc) is 3.05. The molecule has 236 valence electrons. The van der Waals surface area contributed by atoms with E-state index in [2.05, 4.69) is 17.5 Å². The summed E-state index contributed by atoms with van der Waals surface area (Å²) in [5.41, 5.74) is 14.5. The van der Waals surface area contributed by atoms with Crippen LogP contribution >= 0.6 is 11.6 Å². The highest BCUT2D eigenvalue weighted by molar-refractivity contribution is 6.33. The molecule has 2 amide bonds. The van der Waals surface area contributed by atoms with Gasteiger partial charge in [0.15, 0.2) is 11.5 Å². The number of methoxy groups -OCH3 is 2. The van der Waals surface area contributed by atoms with E-state index < -0.39 is 12.1 Å². The number of rotatable bonds is 9. The first-order valence-electron chi connectivity index (χ1n) is 15.0. The number of halogens is 1. The predicted molar refractivity (Wildman–Crippen MR) is 171 cm³/mol. The number of nitrogens with one attached hydrogen (secondary N) is 1. The van der Waals surface area contributed by atoms with Crippen LogP contribution in [0.5, 0.6) is 11.5 Å². The van der Waals surface area contributed by atoms with Gasteiger partial charge >= 0.3 is 0 Å². The van der Waals surface area contributed by atoms with Crippen LogP contribution in [0.25, 0.3) is 0 Å². The number of benzene rings is 2. The molecule has 44 heavy (non-hydrogen) atoms. The normalized spacial score (nSPS) is 21.8. The van der Waals surface area contributed by atoms with Crippen LogP contribution in [0.1, 0.15) is 49.8 Å². The standard InChI is InChI=1S/C32H41ClN6O5/c1-18(36-17-26(40)20-14-24(33)29(35)25(34)15-20)31(41)38-12-10-21(11-13-38)39-32(42)23-7-5-4-6-22(23)30(37-39)19-8-9-27(43-2)28(16-19)44-3/h4-5,8-9,14-16,18,21-23,26,36,40H,6-7,10-13,17,34-35H2,1-3H3/t18?,22-,23+,26?/m0/s1. The van der Waals surface area contributed by atoms with Crippen LogP contribution in [-0.2, 0) is 9.59 Å². The maximum atomic E-state index is 13.7. The Morgan fingerprint density at radius 1 is 1.09 bits per heavy atom. The van der Waals surface area contributed by atoms with Gasteiger partial charge in [-0.2, -0.15) is 5.10 Å². The Hall–Kier alpha value is -3.80. The van der Waals surface area contributed by atoms with Crippen molar-refractivity contribution in [3.8, 4) is 11.5 Å². The lowest BCUT2D eigenvalue weighted by molar-refractivity contribution is -0.142. The van der Waals surface area contributed by atoms with E-state index in [1.165, 1.54) is 0 Å². The van der Waals surface area contributed by atoms with E-state index in [9.17, 15) is 14.7 Å². The number of allylic oxidation sites excluding steroid dienone is 2. The molecular formula is C32H41ClN6O5. The van der Waals surface area contributed by atoms with Gasteiger partial charge in [-0.05, 0) is 68.5 Å². The molecule has 0 bridgehead atoms. The van der Waals surface area contributed by atoms with Crippen molar-refractivity contribution in [3.63, 3.8) is 0 Å². The van der Waals surface area contributed by atoms with Gasteiger partial charge in [-0.25, -0.2) is 5.01 Å². The highest BCUT2D eigenvalue weighted by Gasteiger charge is 2.43. The zero-order valence-corrected chi connectivity index (χ0v) is 26.1. The zero-order chi connectivity index (χ0) is 31.5. The van der Waals surface area contributed by atoms with Crippen LogP contribution in [0.3, 0.4) is 0 Å². The molecule has 11 nitrogen and oxygen atoms in total. The van der Waals surface area contributed by atoms with E-state index in [4.69, 9.17) is 37.6 Å². The fourth-order valence-corrected chi connectivity index (χ4v) is 6.51. The largest absolute Gasteiger partial charge is 0.493 e. The number of anilines is 2. The first kappa shape index (κ1) is 31.6. The minimum Gasteiger partial charge on any atom is -0.493 e. The molecule has 1 saturated heterocycles. The van der Waals surface area contributed by atoms with Gasteiger partial charge in [0.2, 0.25) is 11.8 Å². The number of likely N-dealkylation sites (tertiary alicyclic amines) is 1. The Balaban J connectivity index is 1.24. The molecule has 2 aromatic rings. The van der Waals surface area contributed by atoms with Gasteiger partial charge in [-0.15, -0.1) is 0 Å². The van der Waals surface area contributed by atoms with Crippen molar-refractivity contribution in [1.82, 2.24) is 15.2 Å². The van der Waals surface area contributed by atoms with Crippen LogP contribution in [0.15, 0.2) is 47.6 Å². The summed E-state index contributed by atoms with van der Waals surface area (Å²) in [6, 6.07) is 8.27. The highest BCUT2D eigenvalue weighted by Crippen LogP contribution is 2.38. The second-order valence-corrected chi connectivity index (χ2v) is 12.0. The minimum atomic E-state index is -0.919. The molecule has 12 heteroatoms. The summed E-state index contributed by atoms with van der Waals surface area (Å²) in [7, 11) is 3.20. The van der Waals surface area contributed by atoms with Gasteiger partial charge in [0, 0.05) is 31.1 Å². The third-order valence-corrected chi connectivity index (χ3v) is 9.21. The Kier molecular flexibility index (Phi) is 9.67. The van der Waals surface area contributed by atoms with Crippen molar-refractivity contribution in [1.29, 1.82) is 0 Å². The molecule has 5 rings (SSSR count). The van der Waals surface area contributed by atoms with Crippen molar-refractivity contribution < 1.29 is 24.2 Å². The van der Waals surface area contributed by atoms with Crippen LogP contribution in [0.2, 0.25) is 5.02 Å². The van der Waals surface area contributed by atoms with E-state index in [-0.39, 0.29) is 46.9 Å². The number of carbonyl (C=O) groups is 2. The maximum absolute atomic E-state index is 13.7. The molecule has 0 aromatic heterocycles. The predicted octanol–water partition coefficient (Wildman–Crippen LogP) is 3.35. The first-order valence-corrected chi connectivity index (χ1v) is 15.3. The number of nitrogen functional groups attached to an aromatic ring is 2. The van der Waals surface area contributed by atoms with Crippen molar-refractivity contribution in [3.05, 3.63) is 58.6 Å². The van der Waals surface area contributed by atoms with Crippen molar-refractivity contribution in [2.75, 3.05) is 45.3 Å². The number of hydrogen-bond donors (Lipinski definition) is 4. The molecule has 1 aliphatic carbocycles. The highest BCUT2D eigenvalue weighted by atomic mass is 35.5. The van der Waals surface area contributed by atoms with E-state index in [1.54, 1.807) is 43.2 Å². The van der Waals surface area contributed by atoms with Gasteiger partial charge < -0.3 is 36.3 Å². The summed E-state index contributed by atoms with van der Waals surface area (Å²) >= 11 is 6.11. The van der Waals surface area contributed by atoms with Gasteiger partial charge in [-0.3, -0.25) is 9.59 Å². The van der Waals surface area contributed by atoms with Gasteiger partial charge in [0.1, 0.15) is 0 Å². The van der Waals surface area contributed by atoms with E-state index in [1.807, 2.05) is 18.2 Å². The average molecular weight is 625 g/mol. The van der Waals surface area contributed by atoms with Crippen LogP contribution in [-0.4, -0.2) is 78.5 Å². The molecule has 1 fully saturated rings. The van der Waals surface area contributed by atoms with Crippen LogP contribution < -0.4 is 26.3 Å². The third-order valence-electron chi connectivity index (χ3n) is 8.90. The van der Waals surface area contributed by atoms with Gasteiger partial charge in [0.25, 0.3) is 0 Å². The lowest BCUT2D eigenvalue weighted by Gasteiger charge is -2.43. The Morgan fingerprint density at radius 2 is 1.77 bits per heavy atom. The van der Waals surface area contributed by atoms with E-state index >= 15 is 0 Å². The third kappa shape index (κ3) is 6.36. The Labute approximate surface area is 262 Å². The summed E-state index contributed by atoms with van der Waals surface area (Å²) in [4.78, 5) is 28.8. The number of amides is 2. The van der Waals surface area contributed by atoms with Crippen molar-refractivity contribution in [2.45, 2.75) is 50.8 Å². The second-order valence-electron chi connectivity index (χ2n) is 11.6. The molecule has 0 radical (unpaired) electrons. The molecule has 2 aliphatic heterocycles. The number of nitrogens with zero attached hydrogens (tertiary/aromatic N) is 3. The summed E-state index contributed by atoms with van der Waals surface area (Å²) in [6.45, 7) is 2.91. The topological polar surface area (TPSA) is 156 Å². The Morgan fingerprint density at radius 3 is 2.43 bits per heavy atom. The fraction of sp³-hybridized carbons (Fsp3) is 0.469. The quantitative estimate of drug-likeness (QED) is 0.244. The number of fused-ring (bicyclic) bond motifs is 1. The molecular weight excluding hydrogens is 584 g/mol. The SMILES string of the molecule is COc1ccc(C2=NN(C3CCN(C(=O)C(C)NCC(O)c4cc(N)c(N)c(Cl)c4)CC3)C(=O)[C@@H]3CC=CC[C@H]23)cc1OC. The van der Waals surface area contributed by atoms with Crippen LogP contribution in [0, 0.1) is 11.8 Å². The van der Waals surface area contributed by atoms with Gasteiger partial charge in [-0.1, -0.05) is 23.8 Å². The molecule has 3 aliphatic rings. The molecule has 4 atom stereocenters. The summed E-state index contributed by atoms with van der Waals surface area (Å²) in [6.07, 6.45) is 5.95. The summed E-state index contributed by atoms with van der Waals surface area (Å²) in [5, 5.41) is 20.7. The van der Waals surface area contributed by atoms with Gasteiger partial charge in [0.05, 0.1) is 60.4 Å². The lowest BCUT2D eigenvalue weighted by Crippen LogP contribution is -2.54. The van der Waals surface area contributed by atoms with E-state index in [0.29, 0.717) is 55.1 Å². The number of nitrogens with two attached hydrogens (primary N) is 2. The number of aliphatic hydroxyl groups excluding tert-OH is 1. The summed E-state index contributed by atoms with van der Waals surface area (Å²) in [5.74, 6) is 1.04. The lowest BCUT2D eigenvalue weighted by atomic mass is 9.76. The minimum absolute atomic E-state index is 0.00787. The molecule has 0 saturated carbocycles. The van der Waals surface area contributed by atoms with Crippen molar-refractivity contribution in [2.24, 2.45) is 16.9 Å². The second kappa shape index (κ2) is 13.5. The number of carbonyl (C=O) groups excluding carboxylic acids is 2. The molecule has 6 N–H and O–H groups in total. The number of hydrazone groups is 1. The maximum Gasteiger partial charge on any atom is 0.247 e. The Bertz CT molecular complexity index is 1430. The number of aliphatic hydroxyl groups is 1. The van der Waals surface area contributed by atoms with Crippen LogP contribution in [0.4, 0.5) is 11.4 Å². The molecule has 2 heterocycles. The molecule has 0 spiro atoms. The summed E-state index contributed by atoms with van der Waals surface area (Å²) < 4.78 is 11.0. The first-order chi connectivity index (χ1) is 21.1. The molecule has 2 aromatic carbocycles. The van der Waals surface area contributed by atoms with E-state index in [0.717, 1.165) is 17.7 Å². The monoisotopic (exact) mass is 624 g/mol. The fourth-order valence-electron chi connectivity index (χ4n) is 6.28. The smallest absolute Gasteiger partial charge is 0.247 e. The number of hydrogen-bond acceptors (Lipinski definition) is 9. The zero-order valence-electron chi connectivity index (χ0n) is 25.3. The number of ether oxygens (including phenoxy) is 2. The van der Waals surface area contributed by atoms with Crippen molar-refractivity contribution >= 4 is 40.5 Å².